The maximum atomic E-state index is 12.9. The predicted molar refractivity (Wildman–Crippen MR) is 132 cm³/mol. The Morgan fingerprint density at radius 3 is 2.55 bits per heavy atom. The maximum Gasteiger partial charge on any atom is 0.254 e. The van der Waals surface area contributed by atoms with E-state index in [1.165, 1.54) is 25.7 Å². The third-order valence-corrected chi connectivity index (χ3v) is 10.7. The lowest BCUT2D eigenvalue weighted by Crippen LogP contribution is -2.59. The van der Waals surface area contributed by atoms with Crippen LogP contribution in [0, 0.1) is 34.5 Å². The number of carbonyl (C=O) groups excluding carboxylic acids is 2. The van der Waals surface area contributed by atoms with E-state index < -0.39 is 0 Å². The lowest BCUT2D eigenvalue weighted by Gasteiger charge is -2.60. The first-order valence-electron chi connectivity index (χ1n) is 12.3. The van der Waals surface area contributed by atoms with Gasteiger partial charge in [-0.05, 0) is 85.8 Å². The summed E-state index contributed by atoms with van der Waals surface area (Å²) in [4.78, 5) is 27.1. The van der Waals surface area contributed by atoms with Gasteiger partial charge in [-0.15, -0.1) is 0 Å². The highest BCUT2D eigenvalue weighted by molar-refractivity contribution is 6.39. The first kappa shape index (κ1) is 23.2. The number of rotatable bonds is 3. The molecule has 3 saturated carbocycles. The Balaban J connectivity index is 1.31. The molecule has 1 N–H and O–H groups in total. The Kier molecular flexibility index (Phi) is 5.85. The van der Waals surface area contributed by atoms with Crippen LogP contribution in [0.3, 0.4) is 0 Å². The zero-order chi connectivity index (χ0) is 23.5. The number of amides is 2. The summed E-state index contributed by atoms with van der Waals surface area (Å²) in [5.74, 6) is 2.42. The van der Waals surface area contributed by atoms with Crippen LogP contribution in [0.15, 0.2) is 30.4 Å². The number of nitrogens with zero attached hydrogens (tertiary/aromatic N) is 1. The van der Waals surface area contributed by atoms with Crippen LogP contribution in [0.5, 0.6) is 0 Å². The fraction of sp³-hybridized carbons (Fsp3) is 0.630. The Bertz CT molecular complexity index is 990. The van der Waals surface area contributed by atoms with Crippen molar-refractivity contribution in [2.45, 2.75) is 58.4 Å². The normalized spacial score (nSPS) is 39.6. The van der Waals surface area contributed by atoms with Gasteiger partial charge in [-0.1, -0.05) is 49.2 Å². The topological polar surface area (TPSA) is 49.4 Å². The first-order valence-corrected chi connectivity index (χ1v) is 13.1. The summed E-state index contributed by atoms with van der Waals surface area (Å²) >= 11 is 12.5. The Morgan fingerprint density at radius 2 is 1.82 bits per heavy atom. The maximum absolute atomic E-state index is 12.9. The van der Waals surface area contributed by atoms with Crippen LogP contribution < -0.4 is 5.32 Å². The Labute approximate surface area is 207 Å². The number of likely N-dealkylation sites (N-methyl/N-ethyl adjacent to an activating group) is 1. The summed E-state index contributed by atoms with van der Waals surface area (Å²) in [5, 5.41) is 3.94. The fourth-order valence-corrected chi connectivity index (χ4v) is 8.77. The van der Waals surface area contributed by atoms with Crippen molar-refractivity contribution in [2.24, 2.45) is 34.5 Å². The van der Waals surface area contributed by atoms with Gasteiger partial charge in [0.05, 0.1) is 15.6 Å². The van der Waals surface area contributed by atoms with Gasteiger partial charge in [0.25, 0.3) is 5.91 Å². The van der Waals surface area contributed by atoms with E-state index in [1.54, 1.807) is 24.3 Å². The van der Waals surface area contributed by atoms with Gasteiger partial charge in [-0.25, -0.2) is 0 Å². The number of halogens is 2. The molecule has 1 aromatic carbocycles. The van der Waals surface area contributed by atoms with Crippen molar-refractivity contribution in [2.75, 3.05) is 13.6 Å². The highest BCUT2D eigenvalue weighted by Crippen LogP contribution is 2.65. The standard InChI is InChI=1S/C27H34Cl2N2O2/c1-26-13-11-19-17(8-10-22-27(19,2)14-12-23(32)31(22)3)18(26)9-7-16(26)15-30-25(33)24-20(28)5-4-6-21(24)29/h4-6,12,14,16-19,22H,7-11,13,15H2,1-3H3,(H,30,33)/t16?,17-,18-,19-,22+,26+,27+/m0/s1. The van der Waals surface area contributed by atoms with Crippen LogP contribution in [-0.2, 0) is 4.79 Å². The first-order chi connectivity index (χ1) is 15.7. The molecule has 1 aromatic rings. The molecule has 178 valence electrons. The summed E-state index contributed by atoms with van der Waals surface area (Å²) in [5.41, 5.74) is 0.681. The van der Waals surface area contributed by atoms with Gasteiger partial charge >= 0.3 is 0 Å². The lowest BCUT2D eigenvalue weighted by molar-refractivity contribution is -0.138. The number of nitrogens with one attached hydrogen (secondary N) is 1. The molecule has 7 atom stereocenters. The molecule has 1 unspecified atom stereocenters. The lowest BCUT2D eigenvalue weighted by atomic mass is 9.47. The number of hydrogen-bond donors (Lipinski definition) is 1. The molecule has 2 amide bonds. The van der Waals surface area contributed by atoms with Gasteiger partial charge in [-0.3, -0.25) is 9.59 Å². The average molecular weight is 489 g/mol. The van der Waals surface area contributed by atoms with E-state index in [1.807, 2.05) is 11.9 Å². The molecule has 1 heterocycles. The molecule has 3 fully saturated rings. The van der Waals surface area contributed by atoms with E-state index in [0.717, 1.165) is 12.8 Å². The van der Waals surface area contributed by atoms with Crippen LogP contribution in [0.1, 0.15) is 62.7 Å². The van der Waals surface area contributed by atoms with Gasteiger partial charge in [-0.2, -0.15) is 0 Å². The Hall–Kier alpha value is -1.52. The molecular weight excluding hydrogens is 455 g/mol. The van der Waals surface area contributed by atoms with Crippen molar-refractivity contribution in [3.63, 3.8) is 0 Å². The highest BCUT2D eigenvalue weighted by Gasteiger charge is 2.60. The summed E-state index contributed by atoms with van der Waals surface area (Å²) < 4.78 is 0. The van der Waals surface area contributed by atoms with Gasteiger partial charge in [0.15, 0.2) is 0 Å². The summed E-state index contributed by atoms with van der Waals surface area (Å²) in [6.07, 6.45) is 11.1. The summed E-state index contributed by atoms with van der Waals surface area (Å²) in [6, 6.07) is 5.49. The monoisotopic (exact) mass is 488 g/mol. The van der Waals surface area contributed by atoms with E-state index in [9.17, 15) is 9.59 Å². The van der Waals surface area contributed by atoms with E-state index in [4.69, 9.17) is 23.2 Å². The average Bonchev–Trinajstić information content (AvgIpc) is 3.11. The van der Waals surface area contributed by atoms with Gasteiger partial charge in [0.2, 0.25) is 5.91 Å². The SMILES string of the molecule is CN1C(=O)C=C[C@]2(C)[C@H]3CC[C@]4(C)C(CNC(=O)c5c(Cl)cccc5Cl)CC[C@H]4[C@@H]3CC[C@@H]12. The van der Waals surface area contributed by atoms with Crippen LogP contribution in [0.25, 0.3) is 0 Å². The van der Waals surface area contributed by atoms with Gasteiger partial charge in [0, 0.05) is 25.0 Å². The van der Waals surface area contributed by atoms with Gasteiger partial charge < -0.3 is 10.2 Å². The number of carbonyl (C=O) groups is 2. The zero-order valence-corrected chi connectivity index (χ0v) is 21.3. The van der Waals surface area contributed by atoms with Crippen molar-refractivity contribution in [3.8, 4) is 0 Å². The van der Waals surface area contributed by atoms with Crippen LogP contribution in [0.2, 0.25) is 10.0 Å². The highest BCUT2D eigenvalue weighted by atomic mass is 35.5. The minimum atomic E-state index is -0.181. The Morgan fingerprint density at radius 1 is 1.09 bits per heavy atom. The quantitative estimate of drug-likeness (QED) is 0.568. The second-order valence-electron chi connectivity index (χ2n) is 11.2. The number of hydrogen-bond acceptors (Lipinski definition) is 2. The minimum Gasteiger partial charge on any atom is -0.352 e. The summed E-state index contributed by atoms with van der Waals surface area (Å²) in [7, 11) is 1.97. The van der Waals surface area contributed by atoms with Crippen molar-refractivity contribution < 1.29 is 9.59 Å². The molecule has 33 heavy (non-hydrogen) atoms. The van der Waals surface area contributed by atoms with E-state index in [2.05, 4.69) is 25.2 Å². The van der Waals surface area contributed by atoms with Crippen molar-refractivity contribution >= 4 is 35.0 Å². The zero-order valence-electron chi connectivity index (χ0n) is 19.7. The largest absolute Gasteiger partial charge is 0.352 e. The smallest absolute Gasteiger partial charge is 0.254 e. The molecule has 0 bridgehead atoms. The van der Waals surface area contributed by atoms with Crippen molar-refractivity contribution in [1.82, 2.24) is 10.2 Å². The van der Waals surface area contributed by atoms with E-state index in [-0.39, 0.29) is 22.6 Å². The second kappa shape index (κ2) is 8.30. The summed E-state index contributed by atoms with van der Waals surface area (Å²) in [6.45, 7) is 5.51. The molecule has 3 aliphatic carbocycles. The number of fused-ring (bicyclic) bond motifs is 5. The van der Waals surface area contributed by atoms with E-state index in [0.29, 0.717) is 51.9 Å². The third kappa shape index (κ3) is 3.55. The van der Waals surface area contributed by atoms with Gasteiger partial charge in [0.1, 0.15) is 0 Å². The molecule has 6 heteroatoms. The second-order valence-corrected chi connectivity index (χ2v) is 12.1. The van der Waals surface area contributed by atoms with Crippen LogP contribution >= 0.6 is 23.2 Å². The van der Waals surface area contributed by atoms with E-state index >= 15 is 0 Å². The molecule has 0 saturated heterocycles. The molecule has 4 nitrogen and oxygen atoms in total. The van der Waals surface area contributed by atoms with Crippen LogP contribution in [0.4, 0.5) is 0 Å². The third-order valence-electron chi connectivity index (χ3n) is 10.0. The molecule has 4 aliphatic rings. The molecule has 0 aromatic heterocycles. The minimum absolute atomic E-state index is 0.0695. The van der Waals surface area contributed by atoms with Crippen LogP contribution in [-0.4, -0.2) is 36.3 Å². The predicted octanol–water partition coefficient (Wildman–Crippen LogP) is 5.98. The molecule has 5 rings (SSSR count). The number of benzene rings is 1. The molecular formula is C27H34Cl2N2O2. The fourth-order valence-electron chi connectivity index (χ4n) is 8.20. The van der Waals surface area contributed by atoms with Crippen molar-refractivity contribution in [1.29, 1.82) is 0 Å². The molecule has 0 spiro atoms. The van der Waals surface area contributed by atoms with Crippen molar-refractivity contribution in [3.05, 3.63) is 46.0 Å². The molecule has 0 radical (unpaired) electrons. The molecule has 1 aliphatic heterocycles.